The molecule has 1 aliphatic rings. The normalized spacial score (nSPS) is 15.4. The molecule has 0 radical (unpaired) electrons. The van der Waals surface area contributed by atoms with Crippen LogP contribution in [-0.4, -0.2) is 69.0 Å². The SMILES string of the molecule is COc1ccc(C(=O)N2CCC(C(=O)NCCN(C)C)CC2)cc1. The Morgan fingerprint density at radius 1 is 1.21 bits per heavy atom. The zero-order valence-electron chi connectivity index (χ0n) is 14.7. The minimum absolute atomic E-state index is 0.00656. The molecule has 0 aromatic heterocycles. The van der Waals surface area contributed by atoms with Gasteiger partial charge in [0.05, 0.1) is 7.11 Å². The number of likely N-dealkylation sites (N-methyl/N-ethyl adjacent to an activating group) is 1. The molecule has 1 aromatic carbocycles. The van der Waals surface area contributed by atoms with Gasteiger partial charge >= 0.3 is 0 Å². The van der Waals surface area contributed by atoms with Gasteiger partial charge in [-0.1, -0.05) is 0 Å². The molecule has 24 heavy (non-hydrogen) atoms. The molecule has 0 bridgehead atoms. The van der Waals surface area contributed by atoms with E-state index in [2.05, 4.69) is 5.32 Å². The van der Waals surface area contributed by atoms with Crippen LogP contribution < -0.4 is 10.1 Å². The highest BCUT2D eigenvalue weighted by molar-refractivity contribution is 5.94. The first-order chi connectivity index (χ1) is 11.5. The molecule has 132 valence electrons. The van der Waals surface area contributed by atoms with E-state index in [1.54, 1.807) is 31.4 Å². The van der Waals surface area contributed by atoms with Gasteiger partial charge in [-0.15, -0.1) is 0 Å². The molecule has 1 aromatic rings. The van der Waals surface area contributed by atoms with E-state index in [0.29, 0.717) is 25.2 Å². The fourth-order valence-electron chi connectivity index (χ4n) is 2.81. The van der Waals surface area contributed by atoms with Crippen molar-refractivity contribution in [2.75, 3.05) is 47.4 Å². The van der Waals surface area contributed by atoms with Gasteiger partial charge in [0, 0.05) is 37.7 Å². The number of carbonyl (C=O) groups is 2. The van der Waals surface area contributed by atoms with Crippen molar-refractivity contribution in [1.29, 1.82) is 0 Å². The molecular weight excluding hydrogens is 306 g/mol. The predicted octanol–water partition coefficient (Wildman–Crippen LogP) is 1.23. The van der Waals surface area contributed by atoms with Gasteiger partial charge in [-0.2, -0.15) is 0 Å². The van der Waals surface area contributed by atoms with E-state index in [9.17, 15) is 9.59 Å². The van der Waals surface area contributed by atoms with Crippen molar-refractivity contribution in [1.82, 2.24) is 15.1 Å². The maximum atomic E-state index is 12.5. The summed E-state index contributed by atoms with van der Waals surface area (Å²) in [5, 5.41) is 2.97. The van der Waals surface area contributed by atoms with Gasteiger partial charge in [-0.05, 0) is 51.2 Å². The zero-order valence-corrected chi connectivity index (χ0v) is 14.7. The third-order valence-electron chi connectivity index (χ3n) is 4.35. The summed E-state index contributed by atoms with van der Waals surface area (Å²) in [6, 6.07) is 7.14. The molecular formula is C18H27N3O3. The molecule has 0 unspecified atom stereocenters. The number of benzene rings is 1. The number of piperidine rings is 1. The lowest BCUT2D eigenvalue weighted by atomic mass is 9.95. The van der Waals surface area contributed by atoms with E-state index in [4.69, 9.17) is 4.74 Å². The average molecular weight is 333 g/mol. The van der Waals surface area contributed by atoms with Gasteiger partial charge in [0.2, 0.25) is 5.91 Å². The second-order valence-electron chi connectivity index (χ2n) is 6.39. The van der Waals surface area contributed by atoms with Crippen LogP contribution >= 0.6 is 0 Å². The Bertz CT molecular complexity index is 549. The van der Waals surface area contributed by atoms with Gasteiger partial charge in [0.15, 0.2) is 0 Å². The summed E-state index contributed by atoms with van der Waals surface area (Å²) in [4.78, 5) is 28.5. The lowest BCUT2D eigenvalue weighted by Gasteiger charge is -2.31. The van der Waals surface area contributed by atoms with Crippen LogP contribution in [0.1, 0.15) is 23.2 Å². The first-order valence-corrected chi connectivity index (χ1v) is 8.37. The molecule has 0 aliphatic carbocycles. The van der Waals surface area contributed by atoms with Crippen LogP contribution in [0.4, 0.5) is 0 Å². The lowest BCUT2D eigenvalue weighted by molar-refractivity contribution is -0.126. The minimum Gasteiger partial charge on any atom is -0.497 e. The lowest BCUT2D eigenvalue weighted by Crippen LogP contribution is -2.44. The molecule has 1 heterocycles. The van der Waals surface area contributed by atoms with E-state index in [0.717, 1.165) is 25.1 Å². The summed E-state index contributed by atoms with van der Waals surface area (Å²) < 4.78 is 5.11. The van der Waals surface area contributed by atoms with Gasteiger partial charge in [0.25, 0.3) is 5.91 Å². The van der Waals surface area contributed by atoms with Crippen molar-refractivity contribution in [2.45, 2.75) is 12.8 Å². The number of nitrogens with one attached hydrogen (secondary N) is 1. The number of nitrogens with zero attached hydrogens (tertiary/aromatic N) is 2. The van der Waals surface area contributed by atoms with Crippen LogP contribution in [0, 0.1) is 5.92 Å². The molecule has 0 spiro atoms. The number of ether oxygens (including phenoxy) is 1. The molecule has 6 heteroatoms. The first kappa shape index (κ1) is 18.3. The van der Waals surface area contributed by atoms with Gasteiger partial charge < -0.3 is 19.9 Å². The van der Waals surface area contributed by atoms with Gasteiger partial charge in [0.1, 0.15) is 5.75 Å². The minimum atomic E-state index is 0.00656. The molecule has 1 aliphatic heterocycles. The number of carbonyl (C=O) groups excluding carboxylic acids is 2. The summed E-state index contributed by atoms with van der Waals surface area (Å²) >= 11 is 0. The summed E-state index contributed by atoms with van der Waals surface area (Å²) in [6.07, 6.45) is 1.44. The summed E-state index contributed by atoms with van der Waals surface area (Å²) in [5.74, 6) is 0.865. The smallest absolute Gasteiger partial charge is 0.253 e. The molecule has 6 nitrogen and oxygen atoms in total. The van der Waals surface area contributed by atoms with Crippen molar-refractivity contribution in [3.8, 4) is 5.75 Å². The van der Waals surface area contributed by atoms with E-state index in [-0.39, 0.29) is 17.7 Å². The van der Waals surface area contributed by atoms with Crippen LogP contribution in [0.25, 0.3) is 0 Å². The number of likely N-dealkylation sites (tertiary alicyclic amines) is 1. The quantitative estimate of drug-likeness (QED) is 0.850. The topological polar surface area (TPSA) is 61.9 Å². The molecule has 0 saturated carbocycles. The third-order valence-corrected chi connectivity index (χ3v) is 4.35. The predicted molar refractivity (Wildman–Crippen MR) is 93.2 cm³/mol. The fourth-order valence-corrected chi connectivity index (χ4v) is 2.81. The molecule has 1 fully saturated rings. The molecule has 0 atom stereocenters. The maximum Gasteiger partial charge on any atom is 0.253 e. The number of hydrogen-bond acceptors (Lipinski definition) is 4. The van der Waals surface area contributed by atoms with Crippen LogP contribution in [0.15, 0.2) is 24.3 Å². The fraction of sp³-hybridized carbons (Fsp3) is 0.556. The highest BCUT2D eigenvalue weighted by Crippen LogP contribution is 2.20. The maximum absolute atomic E-state index is 12.5. The molecule has 1 N–H and O–H groups in total. The van der Waals surface area contributed by atoms with E-state index in [1.165, 1.54) is 0 Å². The van der Waals surface area contributed by atoms with E-state index < -0.39 is 0 Å². The first-order valence-electron chi connectivity index (χ1n) is 8.37. The molecule has 2 amide bonds. The van der Waals surface area contributed by atoms with Crippen molar-refractivity contribution in [2.24, 2.45) is 5.92 Å². The van der Waals surface area contributed by atoms with Gasteiger partial charge in [-0.3, -0.25) is 9.59 Å². The van der Waals surface area contributed by atoms with Crippen LogP contribution in [0.5, 0.6) is 5.75 Å². The van der Waals surface area contributed by atoms with Crippen molar-refractivity contribution >= 4 is 11.8 Å². The number of amides is 2. The second-order valence-corrected chi connectivity index (χ2v) is 6.39. The highest BCUT2D eigenvalue weighted by Gasteiger charge is 2.27. The summed E-state index contributed by atoms with van der Waals surface area (Å²) in [7, 11) is 5.57. The largest absolute Gasteiger partial charge is 0.497 e. The van der Waals surface area contributed by atoms with Crippen molar-refractivity contribution < 1.29 is 14.3 Å². The number of methoxy groups -OCH3 is 1. The molecule has 1 saturated heterocycles. The number of hydrogen-bond donors (Lipinski definition) is 1. The average Bonchev–Trinajstić information content (AvgIpc) is 2.61. The van der Waals surface area contributed by atoms with Crippen LogP contribution in [0.2, 0.25) is 0 Å². The van der Waals surface area contributed by atoms with Crippen molar-refractivity contribution in [3.63, 3.8) is 0 Å². The summed E-state index contributed by atoms with van der Waals surface area (Å²) in [6.45, 7) is 2.74. The Kier molecular flexibility index (Phi) is 6.61. The Balaban J connectivity index is 1.81. The second kappa shape index (κ2) is 8.68. The van der Waals surface area contributed by atoms with Crippen LogP contribution in [0.3, 0.4) is 0 Å². The van der Waals surface area contributed by atoms with Crippen LogP contribution in [-0.2, 0) is 4.79 Å². The third kappa shape index (κ3) is 4.96. The van der Waals surface area contributed by atoms with E-state index in [1.807, 2.05) is 23.9 Å². The molecule has 2 rings (SSSR count). The van der Waals surface area contributed by atoms with Crippen molar-refractivity contribution in [3.05, 3.63) is 29.8 Å². The standard InChI is InChI=1S/C18H27N3O3/c1-20(2)13-10-19-17(22)14-8-11-21(12-9-14)18(23)15-4-6-16(24-3)7-5-15/h4-7,14H,8-13H2,1-3H3,(H,19,22). The Labute approximate surface area is 143 Å². The summed E-state index contributed by atoms with van der Waals surface area (Å²) in [5.41, 5.74) is 0.657. The number of rotatable bonds is 6. The zero-order chi connectivity index (χ0) is 17.5. The Morgan fingerprint density at radius 3 is 2.38 bits per heavy atom. The Morgan fingerprint density at radius 2 is 1.83 bits per heavy atom. The monoisotopic (exact) mass is 333 g/mol. The van der Waals surface area contributed by atoms with Gasteiger partial charge in [-0.25, -0.2) is 0 Å². The van der Waals surface area contributed by atoms with E-state index >= 15 is 0 Å². The Hall–Kier alpha value is -2.08. The highest BCUT2D eigenvalue weighted by atomic mass is 16.5.